The minimum Gasteiger partial charge on any atom is -0.386 e. The molecule has 4 heteroatoms. The van der Waals surface area contributed by atoms with Crippen LogP contribution in [0.5, 0.6) is 0 Å². The van der Waals surface area contributed by atoms with Crippen molar-refractivity contribution in [1.82, 2.24) is 0 Å². The first kappa shape index (κ1) is 17.2. The summed E-state index contributed by atoms with van der Waals surface area (Å²) in [4.78, 5) is 0. The van der Waals surface area contributed by atoms with Crippen molar-refractivity contribution >= 4 is 7.32 Å². The Morgan fingerprint density at radius 2 is 1.50 bits per heavy atom. The molecule has 1 aromatic rings. The molecule has 0 radical (unpaired) electrons. The van der Waals surface area contributed by atoms with Gasteiger partial charge >= 0.3 is 7.32 Å². The lowest BCUT2D eigenvalue weighted by atomic mass is 10.1. The number of hydrogen-bond donors (Lipinski definition) is 0. The van der Waals surface area contributed by atoms with E-state index in [1.165, 1.54) is 0 Å². The fraction of sp³-hybridized carbons (Fsp3) is 0.625. The Kier molecular flexibility index (Phi) is 9.38. The average molecular weight is 278 g/mol. The van der Waals surface area contributed by atoms with Gasteiger partial charge in [-0.25, -0.2) is 0 Å². The van der Waals surface area contributed by atoms with Gasteiger partial charge in [0.25, 0.3) is 0 Å². The minimum absolute atomic E-state index is 0.0375. The molecular weight excluding hydrogens is 251 g/mol. The Morgan fingerprint density at radius 3 is 2.00 bits per heavy atom. The monoisotopic (exact) mass is 278 g/mol. The van der Waals surface area contributed by atoms with Gasteiger partial charge in [0.2, 0.25) is 0 Å². The summed E-state index contributed by atoms with van der Waals surface area (Å²) in [7, 11) is -0.566. The predicted molar refractivity (Wildman–Crippen MR) is 83.4 cm³/mol. The van der Waals surface area contributed by atoms with Crippen LogP contribution in [0.15, 0.2) is 30.3 Å². The maximum Gasteiger partial charge on any atom is 0.639 e. The molecule has 0 aliphatic rings. The van der Waals surface area contributed by atoms with Crippen molar-refractivity contribution in [2.24, 2.45) is 0 Å². The third-order valence-corrected chi connectivity index (χ3v) is 3.09. The second kappa shape index (κ2) is 10.9. The predicted octanol–water partition coefficient (Wildman–Crippen LogP) is 4.38. The molecule has 0 saturated carbocycles. The summed E-state index contributed by atoms with van der Waals surface area (Å²) in [5.74, 6) is 0. The number of hydrogen-bond acceptors (Lipinski definition) is 3. The van der Waals surface area contributed by atoms with Gasteiger partial charge in [0.15, 0.2) is 0 Å². The van der Waals surface area contributed by atoms with Crippen molar-refractivity contribution < 1.29 is 14.0 Å². The van der Waals surface area contributed by atoms with Crippen LogP contribution < -0.4 is 0 Å². The first-order chi connectivity index (χ1) is 9.77. The lowest BCUT2D eigenvalue weighted by Gasteiger charge is -2.19. The van der Waals surface area contributed by atoms with Crippen molar-refractivity contribution in [1.29, 1.82) is 0 Å². The molecule has 0 aromatic heterocycles. The second-order valence-electron chi connectivity index (χ2n) is 4.93. The Labute approximate surface area is 123 Å². The van der Waals surface area contributed by atoms with Crippen LogP contribution in [0.25, 0.3) is 0 Å². The van der Waals surface area contributed by atoms with Crippen LogP contribution in [0.3, 0.4) is 0 Å². The molecule has 1 rings (SSSR count). The smallest absolute Gasteiger partial charge is 0.386 e. The standard InChI is InChI=1S/C16H27BO3/c1-4-6-13-18-17(19-14-7-5-2)20-15(3)16-11-9-8-10-12-16/h8-12,15H,4-7,13-14H2,1-3H3. The molecule has 0 aliphatic heterocycles. The summed E-state index contributed by atoms with van der Waals surface area (Å²) in [6.07, 6.45) is 4.23. The highest BCUT2D eigenvalue weighted by atomic mass is 16.7. The molecule has 0 amide bonds. The molecule has 1 unspecified atom stereocenters. The van der Waals surface area contributed by atoms with E-state index in [-0.39, 0.29) is 6.10 Å². The van der Waals surface area contributed by atoms with Crippen molar-refractivity contribution in [3.05, 3.63) is 35.9 Å². The summed E-state index contributed by atoms with van der Waals surface area (Å²) >= 11 is 0. The zero-order valence-corrected chi connectivity index (χ0v) is 13.0. The maximum absolute atomic E-state index is 5.89. The first-order valence-corrected chi connectivity index (χ1v) is 7.71. The van der Waals surface area contributed by atoms with E-state index in [1.807, 2.05) is 25.1 Å². The van der Waals surface area contributed by atoms with Crippen LogP contribution in [0.1, 0.15) is 58.1 Å². The second-order valence-corrected chi connectivity index (χ2v) is 4.93. The van der Waals surface area contributed by atoms with E-state index < -0.39 is 7.32 Å². The molecule has 0 spiro atoms. The quantitative estimate of drug-likeness (QED) is 0.444. The summed E-state index contributed by atoms with van der Waals surface area (Å²) < 4.78 is 17.2. The zero-order valence-electron chi connectivity index (χ0n) is 13.0. The lowest BCUT2D eigenvalue weighted by molar-refractivity contribution is 0.0617. The highest BCUT2D eigenvalue weighted by molar-refractivity contribution is 6.36. The van der Waals surface area contributed by atoms with Gasteiger partial charge < -0.3 is 14.0 Å². The SMILES string of the molecule is CCCCOB(OCCCC)OC(C)c1ccccc1. The normalized spacial score (nSPS) is 12.3. The number of rotatable bonds is 11. The van der Waals surface area contributed by atoms with E-state index in [2.05, 4.69) is 26.0 Å². The van der Waals surface area contributed by atoms with Crippen LogP contribution in [-0.2, 0) is 14.0 Å². The van der Waals surface area contributed by atoms with Crippen LogP contribution in [0, 0.1) is 0 Å². The van der Waals surface area contributed by atoms with E-state index in [1.54, 1.807) is 0 Å². The molecule has 0 fully saturated rings. The van der Waals surface area contributed by atoms with Gasteiger partial charge in [-0.3, -0.25) is 0 Å². The van der Waals surface area contributed by atoms with Gasteiger partial charge in [-0.1, -0.05) is 57.0 Å². The fourth-order valence-corrected chi connectivity index (χ4v) is 1.74. The lowest BCUT2D eigenvalue weighted by Crippen LogP contribution is -2.29. The van der Waals surface area contributed by atoms with Gasteiger partial charge in [0.1, 0.15) is 0 Å². The third-order valence-electron chi connectivity index (χ3n) is 3.09. The Bertz CT molecular complexity index is 322. The molecule has 3 nitrogen and oxygen atoms in total. The summed E-state index contributed by atoms with van der Waals surface area (Å²) in [6, 6.07) is 10.1. The van der Waals surface area contributed by atoms with Gasteiger partial charge in [0, 0.05) is 13.2 Å². The van der Waals surface area contributed by atoms with Crippen LogP contribution >= 0.6 is 0 Å². The maximum atomic E-state index is 5.89. The van der Waals surface area contributed by atoms with Gasteiger partial charge in [0.05, 0.1) is 6.10 Å². The Hall–Kier alpha value is -0.835. The van der Waals surface area contributed by atoms with E-state index in [0.29, 0.717) is 13.2 Å². The molecule has 0 saturated heterocycles. The molecule has 0 aliphatic carbocycles. The topological polar surface area (TPSA) is 27.7 Å². The van der Waals surface area contributed by atoms with Gasteiger partial charge in [-0.2, -0.15) is 0 Å². The van der Waals surface area contributed by atoms with Crippen molar-refractivity contribution in [2.45, 2.75) is 52.6 Å². The van der Waals surface area contributed by atoms with Crippen LogP contribution in [0.2, 0.25) is 0 Å². The van der Waals surface area contributed by atoms with Gasteiger partial charge in [-0.15, -0.1) is 0 Å². The van der Waals surface area contributed by atoms with Gasteiger partial charge in [-0.05, 0) is 25.3 Å². The van der Waals surface area contributed by atoms with E-state index in [4.69, 9.17) is 14.0 Å². The van der Waals surface area contributed by atoms with Crippen LogP contribution in [0.4, 0.5) is 0 Å². The Balaban J connectivity index is 2.44. The zero-order chi connectivity index (χ0) is 14.6. The largest absolute Gasteiger partial charge is 0.639 e. The van der Waals surface area contributed by atoms with Crippen LogP contribution in [-0.4, -0.2) is 20.5 Å². The van der Waals surface area contributed by atoms with Crippen molar-refractivity contribution in [3.8, 4) is 0 Å². The fourth-order valence-electron chi connectivity index (χ4n) is 1.74. The molecular formula is C16H27BO3. The van der Waals surface area contributed by atoms with Crippen molar-refractivity contribution in [2.75, 3.05) is 13.2 Å². The third kappa shape index (κ3) is 7.08. The molecule has 1 aromatic carbocycles. The number of benzene rings is 1. The Morgan fingerprint density at radius 1 is 0.950 bits per heavy atom. The highest BCUT2D eigenvalue weighted by Crippen LogP contribution is 2.18. The summed E-state index contributed by atoms with van der Waals surface area (Å²) in [5.41, 5.74) is 1.13. The molecule has 20 heavy (non-hydrogen) atoms. The van der Waals surface area contributed by atoms with E-state index >= 15 is 0 Å². The van der Waals surface area contributed by atoms with E-state index in [9.17, 15) is 0 Å². The van der Waals surface area contributed by atoms with Crippen molar-refractivity contribution in [3.63, 3.8) is 0 Å². The first-order valence-electron chi connectivity index (χ1n) is 7.71. The summed E-state index contributed by atoms with van der Waals surface area (Å²) in [6.45, 7) is 7.66. The minimum atomic E-state index is -0.566. The molecule has 0 N–H and O–H groups in total. The molecule has 0 heterocycles. The summed E-state index contributed by atoms with van der Waals surface area (Å²) in [5, 5.41) is 0. The average Bonchev–Trinajstić information content (AvgIpc) is 2.48. The molecule has 0 bridgehead atoms. The molecule has 112 valence electrons. The highest BCUT2D eigenvalue weighted by Gasteiger charge is 2.24. The molecule has 1 atom stereocenters. The van der Waals surface area contributed by atoms with E-state index in [0.717, 1.165) is 31.2 Å². The number of unbranched alkanes of at least 4 members (excludes halogenated alkanes) is 2.